The molecule has 8 nitrogen and oxygen atoms in total. The van der Waals surface area contributed by atoms with Crippen LogP contribution in [0.25, 0.3) is 0 Å². The average Bonchev–Trinajstić information content (AvgIpc) is 3.02. The third-order valence-corrected chi connectivity index (χ3v) is 7.44. The molecule has 42 heavy (non-hydrogen) atoms. The van der Waals surface area contributed by atoms with Gasteiger partial charge in [-0.2, -0.15) is 0 Å². The molecule has 1 aliphatic heterocycles. The highest BCUT2D eigenvalue weighted by Gasteiger charge is 2.40. The van der Waals surface area contributed by atoms with E-state index in [1.54, 1.807) is 23.5 Å². The highest BCUT2D eigenvalue weighted by molar-refractivity contribution is 5.98. The Labute approximate surface area is 245 Å². The molecule has 0 saturated carbocycles. The van der Waals surface area contributed by atoms with Crippen molar-refractivity contribution in [2.24, 2.45) is 0 Å². The normalized spacial score (nSPS) is 14.5. The Balaban J connectivity index is 1.74. The van der Waals surface area contributed by atoms with E-state index in [9.17, 15) is 14.4 Å². The Bertz CT molecular complexity index is 1530. The number of rotatable bonds is 11. The van der Waals surface area contributed by atoms with Crippen LogP contribution in [0.3, 0.4) is 0 Å². The molecule has 0 bridgehead atoms. The second kappa shape index (κ2) is 13.3. The number of hydrogen-bond acceptors (Lipinski definition) is 6. The van der Waals surface area contributed by atoms with Crippen LogP contribution in [0.1, 0.15) is 56.4 Å². The van der Waals surface area contributed by atoms with E-state index in [0.29, 0.717) is 19.7 Å². The van der Waals surface area contributed by atoms with Gasteiger partial charge in [0, 0.05) is 32.3 Å². The number of amides is 1. The average molecular weight is 567 g/mol. The lowest BCUT2D eigenvalue weighted by Crippen LogP contribution is -2.48. The fourth-order valence-corrected chi connectivity index (χ4v) is 5.46. The van der Waals surface area contributed by atoms with Gasteiger partial charge in [0.2, 0.25) is 5.43 Å². The zero-order chi connectivity index (χ0) is 29.5. The highest BCUT2D eigenvalue weighted by atomic mass is 16.5. The highest BCUT2D eigenvalue weighted by Crippen LogP contribution is 2.40. The molecule has 0 spiro atoms. The minimum absolute atomic E-state index is 0.0478. The maximum atomic E-state index is 14.1. The van der Waals surface area contributed by atoms with Gasteiger partial charge in [0.1, 0.15) is 12.2 Å². The first-order chi connectivity index (χ1) is 20.5. The van der Waals surface area contributed by atoms with Crippen molar-refractivity contribution < 1.29 is 23.8 Å². The fourth-order valence-electron chi connectivity index (χ4n) is 5.46. The zero-order valence-electron chi connectivity index (χ0n) is 23.8. The van der Waals surface area contributed by atoms with Gasteiger partial charge in [0.15, 0.2) is 11.4 Å². The van der Waals surface area contributed by atoms with E-state index in [1.807, 2.05) is 66.7 Å². The third kappa shape index (κ3) is 5.99. The van der Waals surface area contributed by atoms with Crippen LogP contribution < -0.4 is 10.2 Å². The lowest BCUT2D eigenvalue weighted by Gasteiger charge is -2.41. The molecular weight excluding hydrogens is 532 g/mol. The summed E-state index contributed by atoms with van der Waals surface area (Å²) < 4.78 is 18.5. The van der Waals surface area contributed by atoms with Gasteiger partial charge in [0.25, 0.3) is 5.91 Å². The van der Waals surface area contributed by atoms with Crippen molar-refractivity contribution in [3.8, 4) is 5.75 Å². The molecule has 5 rings (SSSR count). The molecule has 1 aliphatic rings. The molecule has 0 saturated heterocycles. The summed E-state index contributed by atoms with van der Waals surface area (Å²) in [5.41, 5.74) is 2.14. The Morgan fingerprint density at radius 2 is 1.50 bits per heavy atom. The van der Waals surface area contributed by atoms with Crippen molar-refractivity contribution in [2.45, 2.75) is 25.5 Å². The van der Waals surface area contributed by atoms with E-state index in [-0.39, 0.29) is 48.1 Å². The van der Waals surface area contributed by atoms with Gasteiger partial charge in [0.05, 0.1) is 19.3 Å². The van der Waals surface area contributed by atoms with Crippen LogP contribution in [-0.2, 0) is 16.1 Å². The van der Waals surface area contributed by atoms with E-state index in [0.717, 1.165) is 16.7 Å². The van der Waals surface area contributed by atoms with Crippen molar-refractivity contribution in [3.63, 3.8) is 0 Å². The molecule has 8 heteroatoms. The number of benzene rings is 3. The molecule has 0 aliphatic carbocycles. The molecule has 216 valence electrons. The van der Waals surface area contributed by atoms with Crippen molar-refractivity contribution in [1.82, 2.24) is 9.47 Å². The Morgan fingerprint density at radius 3 is 2.07 bits per heavy atom. The monoisotopic (exact) mass is 566 g/mol. The largest absolute Gasteiger partial charge is 0.483 e. The summed E-state index contributed by atoms with van der Waals surface area (Å²) >= 11 is 0. The summed E-state index contributed by atoms with van der Waals surface area (Å²) in [4.78, 5) is 42.7. The molecule has 2 heterocycles. The number of esters is 1. The molecule has 1 atom stereocenters. The minimum atomic E-state index is -0.758. The molecule has 0 radical (unpaired) electrons. The number of fused-ring (bicyclic) bond motifs is 1. The van der Waals surface area contributed by atoms with Gasteiger partial charge in [-0.1, -0.05) is 91.0 Å². The van der Waals surface area contributed by atoms with E-state index in [1.165, 1.54) is 6.20 Å². The molecule has 0 N–H and O–H groups in total. The minimum Gasteiger partial charge on any atom is -0.483 e. The van der Waals surface area contributed by atoms with Gasteiger partial charge in [-0.15, -0.1) is 0 Å². The first-order valence-corrected chi connectivity index (χ1v) is 14.0. The maximum absolute atomic E-state index is 14.1. The molecule has 4 aromatic rings. The van der Waals surface area contributed by atoms with Crippen LogP contribution in [0.5, 0.6) is 5.75 Å². The molecule has 3 aromatic carbocycles. The van der Waals surface area contributed by atoms with Crippen LogP contribution in [0, 0.1) is 0 Å². The van der Waals surface area contributed by atoms with Crippen LogP contribution in [-0.4, -0.2) is 54.8 Å². The van der Waals surface area contributed by atoms with Crippen molar-refractivity contribution >= 4 is 11.9 Å². The maximum Gasteiger partial charge on any atom is 0.343 e. The van der Waals surface area contributed by atoms with E-state index >= 15 is 0 Å². The van der Waals surface area contributed by atoms with E-state index in [4.69, 9.17) is 14.2 Å². The van der Waals surface area contributed by atoms with Gasteiger partial charge in [-0.25, -0.2) is 4.79 Å². The molecule has 0 fully saturated rings. The number of methoxy groups -OCH3 is 1. The predicted octanol–water partition coefficient (Wildman–Crippen LogP) is 5.08. The summed E-state index contributed by atoms with van der Waals surface area (Å²) in [5.74, 6) is -1.50. The smallest absolute Gasteiger partial charge is 0.343 e. The summed E-state index contributed by atoms with van der Waals surface area (Å²) in [5, 5.41) is 0. The lowest BCUT2D eigenvalue weighted by atomic mass is 9.83. The first kappa shape index (κ1) is 28.8. The SMILES string of the molecule is CCOC(=O)c1cn2c(c(OCc3ccccc3)c1=O)C(=O)N(CCOC)C[C@@H]2C(c1ccccc1)c1ccccc1. The summed E-state index contributed by atoms with van der Waals surface area (Å²) in [7, 11) is 1.58. The molecule has 1 aromatic heterocycles. The van der Waals surface area contributed by atoms with Crippen molar-refractivity contribution in [1.29, 1.82) is 0 Å². The number of pyridine rings is 1. The lowest BCUT2D eigenvalue weighted by molar-refractivity contribution is 0.0511. The topological polar surface area (TPSA) is 87.1 Å². The number of nitrogens with zero attached hydrogens (tertiary/aromatic N) is 2. The second-order valence-electron chi connectivity index (χ2n) is 10.1. The van der Waals surface area contributed by atoms with Crippen molar-refractivity contribution in [2.75, 3.05) is 33.4 Å². The quantitative estimate of drug-likeness (QED) is 0.236. The Kier molecular flexibility index (Phi) is 9.14. The van der Waals surface area contributed by atoms with E-state index < -0.39 is 11.4 Å². The number of aromatic nitrogens is 1. The van der Waals surface area contributed by atoms with Crippen molar-refractivity contribution in [3.05, 3.63) is 135 Å². The second-order valence-corrected chi connectivity index (χ2v) is 10.1. The number of ether oxygens (including phenoxy) is 3. The van der Waals surface area contributed by atoms with Crippen LogP contribution in [0.4, 0.5) is 0 Å². The van der Waals surface area contributed by atoms with Gasteiger partial charge in [-0.05, 0) is 23.6 Å². The van der Waals surface area contributed by atoms with Gasteiger partial charge in [-0.3, -0.25) is 9.59 Å². The molecular formula is C34H34N2O6. The number of hydrogen-bond donors (Lipinski definition) is 0. The predicted molar refractivity (Wildman–Crippen MR) is 159 cm³/mol. The first-order valence-electron chi connectivity index (χ1n) is 14.0. The van der Waals surface area contributed by atoms with Crippen LogP contribution >= 0.6 is 0 Å². The van der Waals surface area contributed by atoms with E-state index in [2.05, 4.69) is 24.3 Å². The number of carbonyl (C=O) groups is 2. The Hall–Kier alpha value is -4.69. The third-order valence-electron chi connectivity index (χ3n) is 7.44. The summed E-state index contributed by atoms with van der Waals surface area (Å²) in [6, 6.07) is 29.0. The summed E-state index contributed by atoms with van der Waals surface area (Å²) in [6.07, 6.45) is 1.47. The zero-order valence-corrected chi connectivity index (χ0v) is 23.8. The molecule has 1 amide bonds. The van der Waals surface area contributed by atoms with Crippen LogP contribution in [0.15, 0.2) is 102 Å². The van der Waals surface area contributed by atoms with Crippen LogP contribution in [0.2, 0.25) is 0 Å². The fraction of sp³-hybridized carbons (Fsp3) is 0.265. The molecule has 0 unspecified atom stereocenters. The summed E-state index contributed by atoms with van der Waals surface area (Å²) in [6.45, 7) is 2.81. The van der Waals surface area contributed by atoms with Gasteiger partial charge >= 0.3 is 5.97 Å². The Morgan fingerprint density at radius 1 is 0.905 bits per heavy atom. The standard InChI is InChI=1S/C34H34N2O6/c1-3-41-34(39)27-21-36-28(29(25-15-9-5-10-16-25)26-17-11-6-12-18-26)22-35(19-20-40-2)33(38)30(36)32(31(27)37)42-23-24-13-7-4-8-14-24/h4-18,21,28-29H,3,19-20,22-23H2,1-2H3/t28-/m1/s1. The van der Waals surface area contributed by atoms with Gasteiger partial charge < -0.3 is 23.7 Å². The number of carbonyl (C=O) groups excluding carboxylic acids is 2.